The number of hydrogen-bond acceptors (Lipinski definition) is 5. The van der Waals surface area contributed by atoms with Crippen LogP contribution >= 0.6 is 0 Å². The van der Waals surface area contributed by atoms with Crippen molar-refractivity contribution >= 4 is 5.97 Å². The van der Waals surface area contributed by atoms with Gasteiger partial charge in [0.15, 0.2) is 11.5 Å². The van der Waals surface area contributed by atoms with Gasteiger partial charge in [-0.05, 0) is 18.2 Å². The number of ether oxygens (including phenoxy) is 2. The summed E-state index contributed by atoms with van der Waals surface area (Å²) in [7, 11) is 0. The lowest BCUT2D eigenvalue weighted by molar-refractivity contribution is 0.0696. The largest absolute Gasteiger partial charge is 0.486 e. The van der Waals surface area contributed by atoms with Crippen LogP contribution in [0.15, 0.2) is 41.0 Å². The fourth-order valence-corrected chi connectivity index (χ4v) is 2.11. The van der Waals surface area contributed by atoms with Gasteiger partial charge in [-0.1, -0.05) is 12.1 Å². The second kappa shape index (κ2) is 5.88. The third kappa shape index (κ3) is 3.17. The molecule has 0 saturated carbocycles. The first-order valence-corrected chi connectivity index (χ1v) is 6.62. The predicted molar refractivity (Wildman–Crippen MR) is 73.7 cm³/mol. The van der Waals surface area contributed by atoms with E-state index < -0.39 is 5.97 Å². The molecule has 0 spiro atoms. The van der Waals surface area contributed by atoms with Crippen LogP contribution in [-0.2, 0) is 6.54 Å². The smallest absolute Gasteiger partial charge is 0.338 e. The molecule has 2 heterocycles. The van der Waals surface area contributed by atoms with E-state index in [2.05, 4.69) is 5.32 Å². The van der Waals surface area contributed by atoms with E-state index in [1.807, 2.05) is 24.3 Å². The van der Waals surface area contributed by atoms with Gasteiger partial charge in [0.05, 0.1) is 12.1 Å². The Bertz CT molecular complexity index is 636. The second-order valence-corrected chi connectivity index (χ2v) is 4.74. The molecular formula is C15H15NO5. The maximum atomic E-state index is 10.7. The standard InChI is InChI=1S/C15H15NO5/c17-15(18)10-5-11(19-8-10)6-16-7-12-9-20-13-3-1-2-4-14(13)21-12/h1-5,8,12,16H,6-7,9H2,(H,17,18). The van der Waals surface area contributed by atoms with Crippen LogP contribution in [0.3, 0.4) is 0 Å². The molecule has 3 rings (SSSR count). The van der Waals surface area contributed by atoms with Crippen molar-refractivity contribution in [1.29, 1.82) is 0 Å². The summed E-state index contributed by atoms with van der Waals surface area (Å²) in [4.78, 5) is 10.7. The highest BCUT2D eigenvalue weighted by Gasteiger charge is 2.20. The third-order valence-corrected chi connectivity index (χ3v) is 3.14. The van der Waals surface area contributed by atoms with Crippen molar-refractivity contribution in [3.05, 3.63) is 47.9 Å². The number of fused-ring (bicyclic) bond motifs is 1. The quantitative estimate of drug-likeness (QED) is 0.875. The van der Waals surface area contributed by atoms with Crippen molar-refractivity contribution in [3.8, 4) is 11.5 Å². The number of rotatable bonds is 5. The van der Waals surface area contributed by atoms with Crippen LogP contribution in [0.5, 0.6) is 11.5 Å². The predicted octanol–water partition coefficient (Wildman–Crippen LogP) is 1.91. The lowest BCUT2D eigenvalue weighted by Crippen LogP contribution is -2.38. The summed E-state index contributed by atoms with van der Waals surface area (Å²) in [5.74, 6) is 1.07. The Morgan fingerprint density at radius 2 is 2.14 bits per heavy atom. The number of hydrogen-bond donors (Lipinski definition) is 2. The van der Waals surface area contributed by atoms with Gasteiger partial charge in [0.1, 0.15) is 24.7 Å². The molecule has 0 aliphatic carbocycles. The zero-order valence-electron chi connectivity index (χ0n) is 11.2. The molecule has 1 aromatic carbocycles. The lowest BCUT2D eigenvalue weighted by atomic mass is 10.2. The van der Waals surface area contributed by atoms with Gasteiger partial charge < -0.3 is 24.3 Å². The number of carboxylic acids is 1. The minimum absolute atomic E-state index is 0.0891. The molecule has 0 amide bonds. The van der Waals surface area contributed by atoms with Gasteiger partial charge in [-0.15, -0.1) is 0 Å². The van der Waals surface area contributed by atoms with Crippen molar-refractivity contribution < 1.29 is 23.8 Å². The first-order chi connectivity index (χ1) is 10.2. The Hall–Kier alpha value is -2.47. The lowest BCUT2D eigenvalue weighted by Gasteiger charge is -2.26. The molecule has 2 aromatic rings. The van der Waals surface area contributed by atoms with Gasteiger partial charge in [-0.3, -0.25) is 0 Å². The van der Waals surface area contributed by atoms with Crippen LogP contribution in [0, 0.1) is 0 Å². The van der Waals surface area contributed by atoms with Crippen LogP contribution in [0.2, 0.25) is 0 Å². The molecule has 0 bridgehead atoms. The minimum Gasteiger partial charge on any atom is -0.486 e. The molecule has 1 aromatic heterocycles. The normalized spacial score (nSPS) is 16.7. The number of aromatic carboxylic acids is 1. The Kier molecular flexibility index (Phi) is 3.79. The highest BCUT2D eigenvalue weighted by molar-refractivity contribution is 5.87. The van der Waals surface area contributed by atoms with Crippen LogP contribution in [0.25, 0.3) is 0 Å². The maximum Gasteiger partial charge on any atom is 0.338 e. The molecule has 1 aliphatic heterocycles. The zero-order chi connectivity index (χ0) is 14.7. The number of para-hydroxylation sites is 2. The van der Waals surface area contributed by atoms with Crippen molar-refractivity contribution in [3.63, 3.8) is 0 Å². The molecule has 1 unspecified atom stereocenters. The average molecular weight is 289 g/mol. The van der Waals surface area contributed by atoms with Crippen LogP contribution < -0.4 is 14.8 Å². The first-order valence-electron chi connectivity index (χ1n) is 6.62. The van der Waals surface area contributed by atoms with Gasteiger partial charge >= 0.3 is 5.97 Å². The number of nitrogens with one attached hydrogen (secondary N) is 1. The van der Waals surface area contributed by atoms with Gasteiger partial charge in [-0.2, -0.15) is 0 Å². The molecule has 0 saturated heterocycles. The summed E-state index contributed by atoms with van der Waals surface area (Å²) in [6.07, 6.45) is 1.14. The highest BCUT2D eigenvalue weighted by Crippen LogP contribution is 2.30. The monoisotopic (exact) mass is 289 g/mol. The molecule has 21 heavy (non-hydrogen) atoms. The maximum absolute atomic E-state index is 10.7. The van der Waals surface area contributed by atoms with Gasteiger partial charge in [0, 0.05) is 6.54 Å². The summed E-state index contributed by atoms with van der Waals surface area (Å²) in [5.41, 5.74) is 0.151. The summed E-state index contributed by atoms with van der Waals surface area (Å²) in [6.45, 7) is 1.49. The molecule has 110 valence electrons. The number of furan rings is 1. The molecule has 6 heteroatoms. The minimum atomic E-state index is -0.995. The van der Waals surface area contributed by atoms with Gasteiger partial charge in [0.25, 0.3) is 0 Å². The summed E-state index contributed by atoms with van der Waals surface area (Å²) < 4.78 is 16.6. The summed E-state index contributed by atoms with van der Waals surface area (Å²) in [6, 6.07) is 9.04. The van der Waals surface area contributed by atoms with E-state index >= 15 is 0 Å². The fourth-order valence-electron chi connectivity index (χ4n) is 2.11. The topological polar surface area (TPSA) is 80.9 Å². The van der Waals surface area contributed by atoms with Gasteiger partial charge in [0.2, 0.25) is 0 Å². The molecule has 1 atom stereocenters. The van der Waals surface area contributed by atoms with Crippen molar-refractivity contribution in [2.75, 3.05) is 13.2 Å². The Morgan fingerprint density at radius 3 is 2.90 bits per heavy atom. The van der Waals surface area contributed by atoms with E-state index in [0.717, 1.165) is 11.5 Å². The first kappa shape index (κ1) is 13.5. The second-order valence-electron chi connectivity index (χ2n) is 4.74. The SMILES string of the molecule is O=C(O)c1coc(CNCC2COc3ccccc3O2)c1. The number of carbonyl (C=O) groups is 1. The van der Waals surface area contributed by atoms with Crippen LogP contribution in [0.4, 0.5) is 0 Å². The van der Waals surface area contributed by atoms with Crippen molar-refractivity contribution in [1.82, 2.24) is 5.32 Å². The van der Waals surface area contributed by atoms with E-state index in [0.29, 0.717) is 25.5 Å². The fraction of sp³-hybridized carbons (Fsp3) is 0.267. The number of carboxylic acid groups (broad SMARTS) is 1. The summed E-state index contributed by atoms with van der Waals surface area (Å²) in [5, 5.41) is 12.0. The molecule has 2 N–H and O–H groups in total. The number of benzene rings is 1. The van der Waals surface area contributed by atoms with E-state index in [9.17, 15) is 4.79 Å². The van der Waals surface area contributed by atoms with Crippen molar-refractivity contribution in [2.24, 2.45) is 0 Å². The highest BCUT2D eigenvalue weighted by atomic mass is 16.6. The zero-order valence-corrected chi connectivity index (χ0v) is 11.2. The van der Waals surface area contributed by atoms with E-state index in [1.165, 1.54) is 12.3 Å². The average Bonchev–Trinajstić information content (AvgIpc) is 2.96. The Balaban J connectivity index is 1.49. The Labute approximate surface area is 121 Å². The van der Waals surface area contributed by atoms with E-state index in [-0.39, 0.29) is 11.7 Å². The molecule has 6 nitrogen and oxygen atoms in total. The third-order valence-electron chi connectivity index (χ3n) is 3.14. The van der Waals surface area contributed by atoms with Crippen LogP contribution in [0.1, 0.15) is 16.1 Å². The van der Waals surface area contributed by atoms with Crippen molar-refractivity contribution in [2.45, 2.75) is 12.6 Å². The molecule has 1 aliphatic rings. The summed E-state index contributed by atoms with van der Waals surface area (Å²) >= 11 is 0. The van der Waals surface area contributed by atoms with Gasteiger partial charge in [-0.25, -0.2) is 4.79 Å². The molecule has 0 radical (unpaired) electrons. The molecular weight excluding hydrogens is 274 g/mol. The van der Waals surface area contributed by atoms with E-state index in [4.69, 9.17) is 19.0 Å². The van der Waals surface area contributed by atoms with Crippen LogP contribution in [-0.4, -0.2) is 30.3 Å². The van der Waals surface area contributed by atoms with E-state index in [1.54, 1.807) is 0 Å². The molecule has 0 fully saturated rings. The Morgan fingerprint density at radius 1 is 1.33 bits per heavy atom.